The second-order valence-electron chi connectivity index (χ2n) is 5.49. The summed E-state index contributed by atoms with van der Waals surface area (Å²) < 4.78 is 5.26. The lowest BCUT2D eigenvalue weighted by Crippen LogP contribution is -2.14. The Morgan fingerprint density at radius 1 is 1.16 bits per heavy atom. The quantitative estimate of drug-likeness (QED) is 0.692. The summed E-state index contributed by atoms with van der Waals surface area (Å²) in [6, 6.07) is 21.2. The average Bonchev–Trinajstić information content (AvgIpc) is 3.12. The first-order valence-electron chi connectivity index (χ1n) is 7.74. The van der Waals surface area contributed by atoms with Crippen LogP contribution >= 0.6 is 11.3 Å². The van der Waals surface area contributed by atoms with Gasteiger partial charge in [0.15, 0.2) is 0 Å². The van der Waals surface area contributed by atoms with Crippen molar-refractivity contribution in [2.45, 2.75) is 13.5 Å². The fourth-order valence-electron chi connectivity index (χ4n) is 2.33. The standard InChI is InChI=1S/C20H16N2O2S/c1-14-7-8-16(19-10-9-17(12-21)25-19)11-18(14)22-20(23)24-13-15-5-3-2-4-6-15/h2-11H,13H2,1H3,(H,22,23). The molecule has 1 aromatic heterocycles. The van der Waals surface area contributed by atoms with Crippen LogP contribution in [0.2, 0.25) is 0 Å². The van der Waals surface area contributed by atoms with E-state index in [4.69, 9.17) is 10.00 Å². The molecule has 0 saturated carbocycles. The SMILES string of the molecule is Cc1ccc(-c2ccc(C#N)s2)cc1NC(=O)OCc1ccccc1. The van der Waals surface area contributed by atoms with Crippen molar-refractivity contribution >= 4 is 23.1 Å². The number of benzene rings is 2. The normalized spacial score (nSPS) is 10.1. The van der Waals surface area contributed by atoms with Gasteiger partial charge in [-0.2, -0.15) is 5.26 Å². The average molecular weight is 348 g/mol. The Morgan fingerprint density at radius 3 is 2.68 bits per heavy atom. The van der Waals surface area contributed by atoms with Crippen LogP contribution in [0.15, 0.2) is 60.7 Å². The Morgan fingerprint density at radius 2 is 1.96 bits per heavy atom. The van der Waals surface area contributed by atoms with E-state index in [9.17, 15) is 4.79 Å². The number of anilines is 1. The maximum Gasteiger partial charge on any atom is 0.411 e. The van der Waals surface area contributed by atoms with Crippen molar-refractivity contribution in [1.29, 1.82) is 5.26 Å². The number of ether oxygens (including phenoxy) is 1. The fraction of sp³-hybridized carbons (Fsp3) is 0.100. The second-order valence-corrected chi connectivity index (χ2v) is 6.58. The van der Waals surface area contributed by atoms with E-state index in [1.54, 1.807) is 6.07 Å². The molecule has 124 valence electrons. The zero-order chi connectivity index (χ0) is 17.6. The summed E-state index contributed by atoms with van der Waals surface area (Å²) in [5, 5.41) is 11.7. The summed E-state index contributed by atoms with van der Waals surface area (Å²) in [4.78, 5) is 13.7. The molecule has 0 aliphatic carbocycles. The van der Waals surface area contributed by atoms with Gasteiger partial charge in [0.25, 0.3) is 0 Å². The zero-order valence-electron chi connectivity index (χ0n) is 13.7. The van der Waals surface area contributed by atoms with E-state index < -0.39 is 6.09 Å². The lowest BCUT2D eigenvalue weighted by Gasteiger charge is -2.11. The number of nitriles is 1. The molecule has 25 heavy (non-hydrogen) atoms. The number of rotatable bonds is 4. The highest BCUT2D eigenvalue weighted by Gasteiger charge is 2.09. The molecule has 1 amide bonds. The zero-order valence-corrected chi connectivity index (χ0v) is 14.5. The molecule has 2 aromatic carbocycles. The molecule has 0 bridgehead atoms. The predicted octanol–water partition coefficient (Wildman–Crippen LogP) is 5.34. The summed E-state index contributed by atoms with van der Waals surface area (Å²) in [6.45, 7) is 2.15. The van der Waals surface area contributed by atoms with Crippen molar-refractivity contribution in [3.05, 3.63) is 76.7 Å². The monoisotopic (exact) mass is 348 g/mol. The van der Waals surface area contributed by atoms with Gasteiger partial charge < -0.3 is 4.74 Å². The molecule has 0 aliphatic rings. The maximum atomic E-state index is 12.1. The van der Waals surface area contributed by atoms with Crippen molar-refractivity contribution in [1.82, 2.24) is 0 Å². The third-order valence-electron chi connectivity index (χ3n) is 3.69. The summed E-state index contributed by atoms with van der Waals surface area (Å²) in [6.07, 6.45) is -0.493. The first-order chi connectivity index (χ1) is 12.2. The van der Waals surface area contributed by atoms with Crippen LogP contribution < -0.4 is 5.32 Å². The molecule has 3 aromatic rings. The van der Waals surface area contributed by atoms with Crippen molar-refractivity contribution in [3.8, 4) is 16.5 Å². The highest BCUT2D eigenvalue weighted by atomic mass is 32.1. The molecular weight excluding hydrogens is 332 g/mol. The van der Waals surface area contributed by atoms with Crippen molar-refractivity contribution < 1.29 is 9.53 Å². The smallest absolute Gasteiger partial charge is 0.411 e. The number of aryl methyl sites for hydroxylation is 1. The molecular formula is C20H16N2O2S. The highest BCUT2D eigenvalue weighted by Crippen LogP contribution is 2.31. The number of hydrogen-bond acceptors (Lipinski definition) is 4. The number of hydrogen-bond donors (Lipinski definition) is 1. The van der Waals surface area contributed by atoms with Crippen LogP contribution in [0.5, 0.6) is 0 Å². The molecule has 1 N–H and O–H groups in total. The van der Waals surface area contributed by atoms with E-state index in [1.165, 1.54) is 11.3 Å². The van der Waals surface area contributed by atoms with Crippen LogP contribution in [0.1, 0.15) is 16.0 Å². The molecule has 3 rings (SSSR count). The number of carbonyl (C=O) groups is 1. The van der Waals surface area contributed by atoms with Gasteiger partial charge in [0.2, 0.25) is 0 Å². The number of amides is 1. The van der Waals surface area contributed by atoms with Gasteiger partial charge in [-0.3, -0.25) is 5.32 Å². The number of nitrogens with one attached hydrogen (secondary N) is 1. The summed E-state index contributed by atoms with van der Waals surface area (Å²) in [7, 11) is 0. The molecule has 0 radical (unpaired) electrons. The molecule has 0 aliphatic heterocycles. The van der Waals surface area contributed by atoms with Crippen LogP contribution in [-0.2, 0) is 11.3 Å². The first-order valence-corrected chi connectivity index (χ1v) is 8.56. The predicted molar refractivity (Wildman–Crippen MR) is 99.5 cm³/mol. The fourth-order valence-corrected chi connectivity index (χ4v) is 3.13. The molecule has 0 unspecified atom stereocenters. The molecule has 4 nitrogen and oxygen atoms in total. The van der Waals surface area contributed by atoms with Gasteiger partial charge in [-0.25, -0.2) is 4.79 Å². The molecule has 0 atom stereocenters. The van der Waals surface area contributed by atoms with Gasteiger partial charge in [0.05, 0.1) is 0 Å². The van der Waals surface area contributed by atoms with E-state index in [0.29, 0.717) is 10.6 Å². The third kappa shape index (κ3) is 4.25. The Bertz CT molecular complexity index is 926. The summed E-state index contributed by atoms with van der Waals surface area (Å²) in [5.74, 6) is 0. The Balaban J connectivity index is 1.70. The van der Waals surface area contributed by atoms with Crippen molar-refractivity contribution in [2.24, 2.45) is 0 Å². The van der Waals surface area contributed by atoms with Gasteiger partial charge in [-0.1, -0.05) is 42.5 Å². The third-order valence-corrected chi connectivity index (χ3v) is 4.73. The Labute approximate surface area is 150 Å². The van der Waals surface area contributed by atoms with Gasteiger partial charge in [0, 0.05) is 10.6 Å². The summed E-state index contributed by atoms with van der Waals surface area (Å²) >= 11 is 1.42. The van der Waals surface area contributed by atoms with Crippen LogP contribution in [0.25, 0.3) is 10.4 Å². The lowest BCUT2D eigenvalue weighted by molar-refractivity contribution is 0.155. The van der Waals surface area contributed by atoms with E-state index in [2.05, 4.69) is 11.4 Å². The van der Waals surface area contributed by atoms with Gasteiger partial charge in [-0.05, 0) is 41.8 Å². The topological polar surface area (TPSA) is 62.1 Å². The molecule has 0 saturated heterocycles. The number of thiophene rings is 1. The van der Waals surface area contributed by atoms with E-state index in [1.807, 2.05) is 61.5 Å². The second kappa shape index (κ2) is 7.65. The minimum Gasteiger partial charge on any atom is -0.444 e. The molecule has 0 spiro atoms. The molecule has 5 heteroatoms. The Kier molecular flexibility index (Phi) is 5.12. The van der Waals surface area contributed by atoms with Crippen LogP contribution in [0, 0.1) is 18.3 Å². The van der Waals surface area contributed by atoms with Gasteiger partial charge in [0.1, 0.15) is 17.6 Å². The minimum atomic E-state index is -0.493. The van der Waals surface area contributed by atoms with E-state index in [-0.39, 0.29) is 6.61 Å². The van der Waals surface area contributed by atoms with Gasteiger partial charge in [-0.15, -0.1) is 11.3 Å². The van der Waals surface area contributed by atoms with Crippen LogP contribution in [-0.4, -0.2) is 6.09 Å². The largest absolute Gasteiger partial charge is 0.444 e. The van der Waals surface area contributed by atoms with Gasteiger partial charge >= 0.3 is 6.09 Å². The summed E-state index contributed by atoms with van der Waals surface area (Å²) in [5.41, 5.74) is 3.53. The lowest BCUT2D eigenvalue weighted by atomic mass is 10.1. The van der Waals surface area contributed by atoms with Crippen LogP contribution in [0.4, 0.5) is 10.5 Å². The van der Waals surface area contributed by atoms with Crippen LogP contribution in [0.3, 0.4) is 0 Å². The van der Waals surface area contributed by atoms with Crippen molar-refractivity contribution in [3.63, 3.8) is 0 Å². The number of carbonyl (C=O) groups excluding carboxylic acids is 1. The molecule has 1 heterocycles. The van der Waals surface area contributed by atoms with E-state index >= 15 is 0 Å². The maximum absolute atomic E-state index is 12.1. The van der Waals surface area contributed by atoms with E-state index in [0.717, 1.165) is 21.6 Å². The number of nitrogens with zero attached hydrogens (tertiary/aromatic N) is 1. The van der Waals surface area contributed by atoms with Crippen molar-refractivity contribution in [2.75, 3.05) is 5.32 Å². The minimum absolute atomic E-state index is 0.224. The highest BCUT2D eigenvalue weighted by molar-refractivity contribution is 7.16. The Hall–Kier alpha value is -3.10. The first kappa shape index (κ1) is 16.7. The molecule has 0 fully saturated rings.